The summed E-state index contributed by atoms with van der Waals surface area (Å²) in [7, 11) is 2.38. The molecule has 6 rings (SSSR count). The highest BCUT2D eigenvalue weighted by molar-refractivity contribution is 5.73. The van der Waals surface area contributed by atoms with Crippen molar-refractivity contribution in [3.05, 3.63) is 29.1 Å². The van der Waals surface area contributed by atoms with E-state index in [0.29, 0.717) is 29.7 Å². The summed E-state index contributed by atoms with van der Waals surface area (Å²) < 4.78 is 0. The molecule has 5 aliphatic rings. The Morgan fingerprint density at radius 1 is 1.03 bits per heavy atom. The summed E-state index contributed by atoms with van der Waals surface area (Å²) in [5, 5.41) is 0. The van der Waals surface area contributed by atoms with E-state index in [4.69, 9.17) is 4.98 Å². The van der Waals surface area contributed by atoms with Gasteiger partial charge in [-0.3, -0.25) is 9.78 Å². The monoisotopic (exact) mass is 463 g/mol. The standard InChI is InChI=1S/C30H45N3O/c1-18-11-22-16-28-25(23-15-27(22)29(12-18)32(4)17-23)8-7-24(31-28)14-21-10-19(2)13-30-26(21)6-5-9-33(30)20(3)34/h7-8,18-19,21-23,26-27,29-30H,5-6,9-17H2,1-4H3/t18-,19+,21-,22+,23-,26+,27-,29+,30-/m1/s1. The Labute approximate surface area is 206 Å². The van der Waals surface area contributed by atoms with Crippen LogP contribution in [0.2, 0.25) is 0 Å². The second-order valence-corrected chi connectivity index (χ2v) is 13.1. The van der Waals surface area contributed by atoms with Crippen LogP contribution < -0.4 is 0 Å². The van der Waals surface area contributed by atoms with E-state index in [1.165, 1.54) is 69.3 Å². The number of likely N-dealkylation sites (N-methyl/N-ethyl adjacent to an activating group) is 1. The molecule has 9 atom stereocenters. The van der Waals surface area contributed by atoms with Crippen molar-refractivity contribution in [2.75, 3.05) is 20.1 Å². The molecule has 4 heteroatoms. The average molecular weight is 464 g/mol. The van der Waals surface area contributed by atoms with Crippen LogP contribution in [0.25, 0.3) is 0 Å². The van der Waals surface area contributed by atoms with Crippen LogP contribution in [0.1, 0.15) is 88.6 Å². The molecule has 0 radical (unpaired) electrons. The molecule has 34 heavy (non-hydrogen) atoms. The zero-order chi connectivity index (χ0) is 23.6. The van der Waals surface area contributed by atoms with Crippen molar-refractivity contribution >= 4 is 5.91 Å². The Morgan fingerprint density at radius 3 is 2.65 bits per heavy atom. The largest absolute Gasteiger partial charge is 0.340 e. The van der Waals surface area contributed by atoms with Gasteiger partial charge in [-0.25, -0.2) is 0 Å². The Bertz CT molecular complexity index is 930. The van der Waals surface area contributed by atoms with Crippen molar-refractivity contribution in [3.63, 3.8) is 0 Å². The molecule has 0 unspecified atom stereocenters. The third kappa shape index (κ3) is 4.02. The van der Waals surface area contributed by atoms with E-state index < -0.39 is 0 Å². The van der Waals surface area contributed by atoms with Crippen molar-refractivity contribution in [1.82, 2.24) is 14.8 Å². The first kappa shape index (κ1) is 23.0. The number of carbonyl (C=O) groups excluding carboxylic acids is 1. The summed E-state index contributed by atoms with van der Waals surface area (Å²) in [6.07, 6.45) is 11.4. The lowest BCUT2D eigenvalue weighted by Gasteiger charge is -2.49. The minimum absolute atomic E-state index is 0.279. The molecule has 1 amide bonds. The van der Waals surface area contributed by atoms with Crippen molar-refractivity contribution in [1.29, 1.82) is 0 Å². The van der Waals surface area contributed by atoms with Gasteiger partial charge in [-0.2, -0.15) is 0 Å². The maximum Gasteiger partial charge on any atom is 0.219 e. The molecule has 1 aromatic rings. The molecule has 3 aliphatic carbocycles. The Morgan fingerprint density at radius 2 is 1.82 bits per heavy atom. The number of amides is 1. The Kier molecular flexibility index (Phi) is 6.03. The quantitative estimate of drug-likeness (QED) is 0.597. The molecule has 2 bridgehead atoms. The molecule has 0 aromatic carbocycles. The zero-order valence-electron chi connectivity index (χ0n) is 21.9. The summed E-state index contributed by atoms with van der Waals surface area (Å²) >= 11 is 0. The molecular weight excluding hydrogens is 418 g/mol. The van der Waals surface area contributed by atoms with E-state index in [-0.39, 0.29) is 5.91 Å². The smallest absolute Gasteiger partial charge is 0.219 e. The highest BCUT2D eigenvalue weighted by Gasteiger charge is 2.46. The van der Waals surface area contributed by atoms with Crippen LogP contribution in [0.3, 0.4) is 0 Å². The highest BCUT2D eigenvalue weighted by atomic mass is 16.2. The first-order valence-corrected chi connectivity index (χ1v) is 14.3. The number of likely N-dealkylation sites (tertiary alicyclic amines) is 2. The van der Waals surface area contributed by atoms with E-state index in [2.05, 4.69) is 42.8 Å². The maximum atomic E-state index is 12.4. The maximum absolute atomic E-state index is 12.4. The van der Waals surface area contributed by atoms with E-state index >= 15 is 0 Å². The number of piperidine rings is 2. The lowest BCUT2D eigenvalue weighted by atomic mass is 9.66. The van der Waals surface area contributed by atoms with Crippen LogP contribution in [0, 0.1) is 35.5 Å². The van der Waals surface area contributed by atoms with Gasteiger partial charge >= 0.3 is 0 Å². The number of aromatic nitrogens is 1. The predicted molar refractivity (Wildman–Crippen MR) is 137 cm³/mol. The average Bonchev–Trinajstić information content (AvgIpc) is 2.92. The fraction of sp³-hybridized carbons (Fsp3) is 0.800. The molecule has 186 valence electrons. The first-order chi connectivity index (χ1) is 16.4. The van der Waals surface area contributed by atoms with E-state index in [9.17, 15) is 4.79 Å². The molecule has 0 spiro atoms. The van der Waals surface area contributed by atoms with Gasteiger partial charge < -0.3 is 9.80 Å². The van der Waals surface area contributed by atoms with Gasteiger partial charge in [0, 0.05) is 43.5 Å². The Balaban J connectivity index is 1.26. The van der Waals surface area contributed by atoms with Crippen LogP contribution in [-0.4, -0.2) is 52.9 Å². The van der Waals surface area contributed by atoms with E-state index in [0.717, 1.165) is 36.8 Å². The molecule has 4 fully saturated rings. The molecule has 2 saturated heterocycles. The summed E-state index contributed by atoms with van der Waals surface area (Å²) in [5.41, 5.74) is 4.32. The van der Waals surface area contributed by atoms with Gasteiger partial charge in [0.15, 0.2) is 0 Å². The van der Waals surface area contributed by atoms with Crippen LogP contribution >= 0.6 is 0 Å². The number of carbonyl (C=O) groups is 1. The molecule has 4 nitrogen and oxygen atoms in total. The van der Waals surface area contributed by atoms with Crippen LogP contribution in [0.5, 0.6) is 0 Å². The normalized spacial score (nSPS) is 41.9. The third-order valence-electron chi connectivity index (χ3n) is 10.7. The zero-order valence-corrected chi connectivity index (χ0v) is 21.9. The minimum Gasteiger partial charge on any atom is -0.340 e. The topological polar surface area (TPSA) is 36.4 Å². The fourth-order valence-electron chi connectivity index (χ4n) is 9.38. The molecule has 1 aromatic heterocycles. The van der Waals surface area contributed by atoms with Crippen molar-refractivity contribution < 1.29 is 4.79 Å². The summed E-state index contributed by atoms with van der Waals surface area (Å²) in [4.78, 5) is 22.7. The van der Waals surface area contributed by atoms with Gasteiger partial charge in [-0.15, -0.1) is 0 Å². The van der Waals surface area contributed by atoms with Crippen molar-refractivity contribution in [2.24, 2.45) is 35.5 Å². The number of hydrogen-bond donors (Lipinski definition) is 0. The van der Waals surface area contributed by atoms with Gasteiger partial charge in [0.05, 0.1) is 0 Å². The SMILES string of the molecule is CC(=O)N1CCC[C@H]2[C@@H](Cc3ccc4c(n3)C[C@@H]3C[C@@H](C)C[C@H]5[C@@H]3C[C@@H]4CN5C)C[C@H](C)C[C@H]21. The third-order valence-corrected chi connectivity index (χ3v) is 10.7. The summed E-state index contributed by atoms with van der Waals surface area (Å²) in [5.74, 6) is 5.47. The van der Waals surface area contributed by atoms with Gasteiger partial charge in [-0.1, -0.05) is 19.9 Å². The number of fused-ring (bicyclic) bond motifs is 4. The number of nitrogens with zero attached hydrogens (tertiary/aromatic N) is 3. The number of hydrogen-bond acceptors (Lipinski definition) is 3. The van der Waals surface area contributed by atoms with Gasteiger partial charge in [-0.05, 0) is 118 Å². The number of rotatable bonds is 2. The van der Waals surface area contributed by atoms with Crippen molar-refractivity contribution in [2.45, 2.75) is 96.6 Å². The van der Waals surface area contributed by atoms with Gasteiger partial charge in [0.25, 0.3) is 0 Å². The lowest BCUT2D eigenvalue weighted by molar-refractivity contribution is -0.137. The summed E-state index contributed by atoms with van der Waals surface area (Å²) in [6, 6.07) is 6.10. The molecule has 3 heterocycles. The molecule has 2 aliphatic heterocycles. The molecule has 0 N–H and O–H groups in total. The fourth-order valence-corrected chi connectivity index (χ4v) is 9.38. The lowest BCUT2D eigenvalue weighted by Crippen LogP contribution is -2.53. The van der Waals surface area contributed by atoms with E-state index in [1.807, 2.05) is 0 Å². The van der Waals surface area contributed by atoms with Gasteiger partial charge in [0.1, 0.15) is 0 Å². The first-order valence-electron chi connectivity index (χ1n) is 14.3. The van der Waals surface area contributed by atoms with Gasteiger partial charge in [0.2, 0.25) is 5.91 Å². The second-order valence-electron chi connectivity index (χ2n) is 13.1. The number of pyridine rings is 1. The Hall–Kier alpha value is -1.42. The highest BCUT2D eigenvalue weighted by Crippen LogP contribution is 2.49. The predicted octanol–water partition coefficient (Wildman–Crippen LogP) is 5.30. The van der Waals surface area contributed by atoms with Crippen molar-refractivity contribution in [3.8, 4) is 0 Å². The molecule has 2 saturated carbocycles. The van der Waals surface area contributed by atoms with E-state index in [1.54, 1.807) is 12.5 Å². The van der Waals surface area contributed by atoms with Crippen LogP contribution in [0.15, 0.2) is 12.1 Å². The van der Waals surface area contributed by atoms with Crippen LogP contribution in [-0.2, 0) is 17.6 Å². The summed E-state index contributed by atoms with van der Waals surface area (Å²) in [6.45, 7) is 8.82. The van der Waals surface area contributed by atoms with Crippen LogP contribution in [0.4, 0.5) is 0 Å². The second kappa shape index (κ2) is 8.91. The minimum atomic E-state index is 0.279. The molecular formula is C30H45N3O.